The van der Waals surface area contributed by atoms with Crippen molar-refractivity contribution in [3.05, 3.63) is 57.2 Å². The lowest BCUT2D eigenvalue weighted by Crippen LogP contribution is -2.87. The Morgan fingerprint density at radius 1 is 1.29 bits per heavy atom. The van der Waals surface area contributed by atoms with Crippen LogP contribution >= 0.6 is 22.9 Å². The van der Waals surface area contributed by atoms with Gasteiger partial charge < -0.3 is 10.6 Å². The van der Waals surface area contributed by atoms with Gasteiger partial charge in [0.2, 0.25) is 0 Å². The van der Waals surface area contributed by atoms with Gasteiger partial charge in [-0.05, 0) is 37.4 Å². The Morgan fingerprint density at radius 3 is 2.62 bits per heavy atom. The standard InChI is InChI=1S/C16H19ClN2OS/c1-11(13-5-7-14(17)8-6-13)18-10-16(20)19-12(2)15-4-3-9-21-15/h3-9,11-12,18H,10H2,1-2H3,(H,19,20)/p+1/t11-,12+/m0/s1. The van der Waals surface area contributed by atoms with E-state index in [1.165, 1.54) is 10.4 Å². The van der Waals surface area contributed by atoms with Gasteiger partial charge in [-0.2, -0.15) is 0 Å². The first-order valence-electron chi connectivity index (χ1n) is 6.98. The van der Waals surface area contributed by atoms with Crippen LogP contribution in [0, 0.1) is 0 Å². The molecule has 2 rings (SSSR count). The van der Waals surface area contributed by atoms with E-state index in [1.807, 2.05) is 54.0 Å². The van der Waals surface area contributed by atoms with Crippen LogP contribution in [0.25, 0.3) is 0 Å². The predicted octanol–water partition coefficient (Wildman–Crippen LogP) is 2.90. The highest BCUT2D eigenvalue weighted by molar-refractivity contribution is 7.10. The van der Waals surface area contributed by atoms with Crippen LogP contribution in [0.4, 0.5) is 0 Å². The molecular formula is C16H20ClN2OS+. The Hall–Kier alpha value is -1.36. The normalized spacial score (nSPS) is 13.7. The van der Waals surface area contributed by atoms with Crippen LogP contribution in [-0.4, -0.2) is 12.5 Å². The third-order valence-corrected chi connectivity index (χ3v) is 4.71. The van der Waals surface area contributed by atoms with Crippen molar-refractivity contribution in [3.63, 3.8) is 0 Å². The van der Waals surface area contributed by atoms with Gasteiger partial charge in [0, 0.05) is 15.5 Å². The van der Waals surface area contributed by atoms with Gasteiger partial charge in [-0.3, -0.25) is 4.79 Å². The minimum atomic E-state index is 0.0525. The number of benzene rings is 1. The van der Waals surface area contributed by atoms with E-state index in [2.05, 4.69) is 12.2 Å². The predicted molar refractivity (Wildman–Crippen MR) is 87.5 cm³/mol. The Kier molecular flexibility index (Phi) is 5.79. The Bertz CT molecular complexity index is 568. The Labute approximate surface area is 134 Å². The van der Waals surface area contributed by atoms with E-state index in [-0.39, 0.29) is 18.0 Å². The molecule has 21 heavy (non-hydrogen) atoms. The van der Waals surface area contributed by atoms with Crippen molar-refractivity contribution in [1.29, 1.82) is 0 Å². The summed E-state index contributed by atoms with van der Waals surface area (Å²) in [6.07, 6.45) is 0. The van der Waals surface area contributed by atoms with Crippen LogP contribution in [0.2, 0.25) is 5.02 Å². The summed E-state index contributed by atoms with van der Waals surface area (Å²) in [4.78, 5) is 13.2. The smallest absolute Gasteiger partial charge is 0.275 e. The van der Waals surface area contributed by atoms with E-state index in [0.717, 1.165) is 5.02 Å². The van der Waals surface area contributed by atoms with Crippen LogP contribution in [0.3, 0.4) is 0 Å². The summed E-state index contributed by atoms with van der Waals surface area (Å²) in [7, 11) is 0. The molecule has 1 heterocycles. The largest absolute Gasteiger partial charge is 0.344 e. The number of nitrogens with two attached hydrogens (primary N) is 1. The second kappa shape index (κ2) is 7.59. The van der Waals surface area contributed by atoms with E-state index in [4.69, 9.17) is 11.6 Å². The van der Waals surface area contributed by atoms with Crippen LogP contribution in [0.1, 0.15) is 36.4 Å². The molecule has 0 spiro atoms. The lowest BCUT2D eigenvalue weighted by atomic mass is 10.1. The van der Waals surface area contributed by atoms with Gasteiger partial charge in [-0.1, -0.05) is 29.8 Å². The molecule has 0 fully saturated rings. The van der Waals surface area contributed by atoms with E-state index >= 15 is 0 Å². The molecule has 3 N–H and O–H groups in total. The van der Waals surface area contributed by atoms with E-state index in [9.17, 15) is 4.79 Å². The number of nitrogens with one attached hydrogen (secondary N) is 1. The zero-order chi connectivity index (χ0) is 15.2. The number of amides is 1. The number of thiophene rings is 1. The molecule has 0 saturated carbocycles. The number of rotatable bonds is 6. The molecule has 0 aliphatic heterocycles. The zero-order valence-corrected chi connectivity index (χ0v) is 13.7. The van der Waals surface area contributed by atoms with Crippen molar-refractivity contribution in [1.82, 2.24) is 5.32 Å². The summed E-state index contributed by atoms with van der Waals surface area (Å²) in [5.74, 6) is 0.0525. The van der Waals surface area contributed by atoms with E-state index < -0.39 is 0 Å². The minimum Gasteiger partial charge on any atom is -0.344 e. The molecule has 1 amide bonds. The van der Waals surface area contributed by atoms with Crippen LogP contribution in [0.5, 0.6) is 0 Å². The minimum absolute atomic E-state index is 0.0525. The Balaban J connectivity index is 1.79. The summed E-state index contributed by atoms with van der Waals surface area (Å²) in [6, 6.07) is 12.1. The number of hydrogen-bond acceptors (Lipinski definition) is 2. The summed E-state index contributed by atoms with van der Waals surface area (Å²) in [6.45, 7) is 4.51. The van der Waals surface area contributed by atoms with Crippen LogP contribution < -0.4 is 10.6 Å². The van der Waals surface area contributed by atoms with Crippen LogP contribution in [-0.2, 0) is 4.79 Å². The topological polar surface area (TPSA) is 45.7 Å². The van der Waals surface area contributed by atoms with Gasteiger partial charge in [-0.25, -0.2) is 0 Å². The summed E-state index contributed by atoms with van der Waals surface area (Å²) in [5.41, 5.74) is 1.17. The molecule has 2 atom stereocenters. The lowest BCUT2D eigenvalue weighted by molar-refractivity contribution is -0.682. The quantitative estimate of drug-likeness (QED) is 0.843. The highest BCUT2D eigenvalue weighted by atomic mass is 35.5. The first-order valence-corrected chi connectivity index (χ1v) is 8.23. The van der Waals surface area contributed by atoms with E-state index in [0.29, 0.717) is 6.54 Å². The number of quaternary nitrogens is 1. The molecule has 0 aliphatic carbocycles. The molecule has 0 radical (unpaired) electrons. The molecule has 0 saturated heterocycles. The summed E-state index contributed by atoms with van der Waals surface area (Å²) < 4.78 is 0. The third kappa shape index (κ3) is 4.84. The number of halogens is 1. The Morgan fingerprint density at radius 2 is 2.00 bits per heavy atom. The average Bonchev–Trinajstić information content (AvgIpc) is 3.00. The fraction of sp³-hybridized carbons (Fsp3) is 0.312. The van der Waals surface area contributed by atoms with Gasteiger partial charge in [0.05, 0.1) is 6.04 Å². The summed E-state index contributed by atoms with van der Waals surface area (Å²) >= 11 is 7.53. The SMILES string of the molecule is C[C@H]([NH2+]CC(=O)N[C@H](C)c1cccs1)c1ccc(Cl)cc1. The van der Waals surface area contributed by atoms with Crippen molar-refractivity contribution in [3.8, 4) is 0 Å². The molecule has 0 unspecified atom stereocenters. The number of hydrogen-bond donors (Lipinski definition) is 2. The lowest BCUT2D eigenvalue weighted by Gasteiger charge is -2.14. The van der Waals surface area contributed by atoms with Crippen molar-refractivity contribution < 1.29 is 10.1 Å². The van der Waals surface area contributed by atoms with Crippen molar-refractivity contribution in [2.24, 2.45) is 0 Å². The van der Waals surface area contributed by atoms with Crippen molar-refractivity contribution in [2.45, 2.75) is 25.9 Å². The molecule has 3 nitrogen and oxygen atoms in total. The molecule has 2 aromatic rings. The molecular weight excluding hydrogens is 304 g/mol. The fourth-order valence-corrected chi connectivity index (χ4v) is 2.96. The first kappa shape index (κ1) is 16.0. The first-order chi connectivity index (χ1) is 10.1. The molecule has 5 heteroatoms. The fourth-order valence-electron chi connectivity index (χ4n) is 2.10. The number of carbonyl (C=O) groups excluding carboxylic acids is 1. The second-order valence-corrected chi connectivity index (χ2v) is 6.50. The van der Waals surface area contributed by atoms with Crippen molar-refractivity contribution in [2.75, 3.05) is 6.54 Å². The maximum atomic E-state index is 12.0. The third-order valence-electron chi connectivity index (χ3n) is 3.40. The maximum absolute atomic E-state index is 12.0. The highest BCUT2D eigenvalue weighted by Crippen LogP contribution is 2.17. The van der Waals surface area contributed by atoms with Crippen molar-refractivity contribution >= 4 is 28.8 Å². The summed E-state index contributed by atoms with van der Waals surface area (Å²) in [5, 5.41) is 7.80. The highest BCUT2D eigenvalue weighted by Gasteiger charge is 2.14. The van der Waals surface area contributed by atoms with Gasteiger partial charge in [0.1, 0.15) is 6.04 Å². The van der Waals surface area contributed by atoms with Gasteiger partial charge in [0.15, 0.2) is 6.54 Å². The zero-order valence-electron chi connectivity index (χ0n) is 12.2. The van der Waals surface area contributed by atoms with E-state index in [1.54, 1.807) is 11.3 Å². The van der Waals surface area contributed by atoms with Crippen LogP contribution in [0.15, 0.2) is 41.8 Å². The molecule has 112 valence electrons. The number of carbonyl (C=O) groups is 1. The average molecular weight is 324 g/mol. The second-order valence-electron chi connectivity index (χ2n) is 5.08. The monoisotopic (exact) mass is 323 g/mol. The molecule has 1 aromatic heterocycles. The molecule has 0 aliphatic rings. The van der Waals surface area contributed by atoms with Gasteiger partial charge in [-0.15, -0.1) is 11.3 Å². The van der Waals surface area contributed by atoms with Gasteiger partial charge >= 0.3 is 0 Å². The molecule has 1 aromatic carbocycles. The maximum Gasteiger partial charge on any atom is 0.275 e. The van der Waals surface area contributed by atoms with Gasteiger partial charge in [0.25, 0.3) is 5.91 Å². The molecule has 0 bridgehead atoms.